The van der Waals surface area contributed by atoms with E-state index in [1.807, 2.05) is 6.92 Å². The maximum absolute atomic E-state index is 12.4. The van der Waals surface area contributed by atoms with E-state index in [0.29, 0.717) is 6.61 Å². The summed E-state index contributed by atoms with van der Waals surface area (Å²) in [5.74, 6) is -0.600. The van der Waals surface area contributed by atoms with Crippen LogP contribution in [0.15, 0.2) is 24.3 Å². The molecule has 22 heavy (non-hydrogen) atoms. The van der Waals surface area contributed by atoms with Crippen molar-refractivity contribution >= 4 is 23.2 Å². The number of hydrogen-bond donors (Lipinski definition) is 3. The van der Waals surface area contributed by atoms with Gasteiger partial charge >= 0.3 is 6.18 Å². The van der Waals surface area contributed by atoms with Gasteiger partial charge in [-0.2, -0.15) is 13.2 Å². The van der Waals surface area contributed by atoms with Gasteiger partial charge in [-0.15, -0.1) is 0 Å². The maximum Gasteiger partial charge on any atom is 0.416 e. The molecule has 1 rings (SSSR count). The monoisotopic (exact) mass is 335 g/mol. The first kappa shape index (κ1) is 18.2. The van der Waals surface area contributed by atoms with Crippen molar-refractivity contribution < 1.29 is 22.7 Å². The van der Waals surface area contributed by atoms with E-state index < -0.39 is 17.6 Å². The van der Waals surface area contributed by atoms with E-state index in [1.54, 1.807) is 7.11 Å². The number of carbonyl (C=O) groups is 1. The van der Waals surface area contributed by atoms with Gasteiger partial charge in [-0.05, 0) is 43.4 Å². The van der Waals surface area contributed by atoms with Crippen LogP contribution in [-0.4, -0.2) is 30.8 Å². The second-order valence-corrected chi connectivity index (χ2v) is 4.89. The Morgan fingerprint density at radius 2 is 1.86 bits per heavy atom. The summed E-state index contributed by atoms with van der Waals surface area (Å²) >= 11 is 4.94. The number of nitrogens with one attached hydrogen (secondary N) is 3. The highest BCUT2D eigenvalue weighted by Crippen LogP contribution is 2.28. The second kappa shape index (κ2) is 7.95. The fourth-order valence-corrected chi connectivity index (χ4v) is 1.80. The minimum atomic E-state index is -4.43. The zero-order chi connectivity index (χ0) is 16.8. The number of thiocarbonyl (C=S) groups is 1. The molecule has 0 saturated heterocycles. The molecule has 3 N–H and O–H groups in total. The van der Waals surface area contributed by atoms with Gasteiger partial charge in [0.05, 0.1) is 12.2 Å². The lowest BCUT2D eigenvalue weighted by Gasteiger charge is -2.16. The predicted octanol–water partition coefficient (Wildman–Crippen LogP) is 1.85. The number of carbonyl (C=O) groups excluding carboxylic acids is 1. The molecular weight excluding hydrogens is 319 g/mol. The van der Waals surface area contributed by atoms with Crippen molar-refractivity contribution in [1.82, 2.24) is 16.2 Å². The van der Waals surface area contributed by atoms with Crippen molar-refractivity contribution in [2.75, 3.05) is 13.7 Å². The molecule has 0 fully saturated rings. The average molecular weight is 335 g/mol. The summed E-state index contributed by atoms with van der Waals surface area (Å²) in [6.07, 6.45) is -4.43. The van der Waals surface area contributed by atoms with Gasteiger partial charge in [-0.25, -0.2) is 0 Å². The number of rotatable bonds is 4. The van der Waals surface area contributed by atoms with Crippen LogP contribution in [0.5, 0.6) is 0 Å². The Balaban J connectivity index is 2.50. The summed E-state index contributed by atoms with van der Waals surface area (Å²) in [5.41, 5.74) is 4.01. The molecule has 1 amide bonds. The van der Waals surface area contributed by atoms with Gasteiger partial charge in [-0.1, -0.05) is 0 Å². The van der Waals surface area contributed by atoms with Crippen LogP contribution in [0.1, 0.15) is 22.8 Å². The molecule has 0 saturated carbocycles. The summed E-state index contributed by atoms with van der Waals surface area (Å²) in [7, 11) is 1.54. The Morgan fingerprint density at radius 1 is 1.27 bits per heavy atom. The topological polar surface area (TPSA) is 62.4 Å². The fraction of sp³-hybridized carbons (Fsp3) is 0.385. The summed E-state index contributed by atoms with van der Waals surface area (Å²) in [6.45, 7) is 2.25. The van der Waals surface area contributed by atoms with Gasteiger partial charge in [0.1, 0.15) is 0 Å². The van der Waals surface area contributed by atoms with Crippen LogP contribution in [0.25, 0.3) is 0 Å². The Hall–Kier alpha value is -1.87. The van der Waals surface area contributed by atoms with Crippen LogP contribution >= 0.6 is 12.2 Å². The van der Waals surface area contributed by atoms with Crippen LogP contribution in [0, 0.1) is 0 Å². The highest BCUT2D eigenvalue weighted by atomic mass is 32.1. The first-order chi connectivity index (χ1) is 10.2. The Labute approximate surface area is 131 Å². The average Bonchev–Trinajstić information content (AvgIpc) is 2.44. The van der Waals surface area contributed by atoms with Crippen LogP contribution in [0.3, 0.4) is 0 Å². The third kappa shape index (κ3) is 5.86. The molecule has 1 aromatic rings. The molecule has 0 aromatic heterocycles. The minimum absolute atomic E-state index is 0.0621. The Bertz CT molecular complexity index is 520. The smallest absolute Gasteiger partial charge is 0.383 e. The zero-order valence-corrected chi connectivity index (χ0v) is 12.8. The van der Waals surface area contributed by atoms with E-state index in [0.717, 1.165) is 24.3 Å². The molecule has 0 spiro atoms. The van der Waals surface area contributed by atoms with Gasteiger partial charge in [0, 0.05) is 18.7 Å². The normalized spacial score (nSPS) is 12.4. The maximum atomic E-state index is 12.4. The molecule has 0 radical (unpaired) electrons. The van der Waals surface area contributed by atoms with Crippen LogP contribution in [-0.2, 0) is 10.9 Å². The van der Waals surface area contributed by atoms with Crippen LogP contribution in [0.4, 0.5) is 13.2 Å². The van der Waals surface area contributed by atoms with Crippen molar-refractivity contribution in [3.63, 3.8) is 0 Å². The third-order valence-corrected chi connectivity index (χ3v) is 2.78. The Kier molecular flexibility index (Phi) is 6.57. The second-order valence-electron chi connectivity index (χ2n) is 4.48. The number of alkyl halides is 3. The van der Waals surface area contributed by atoms with Gasteiger partial charge in [0.2, 0.25) is 0 Å². The molecule has 1 atom stereocenters. The fourth-order valence-electron chi connectivity index (χ4n) is 1.55. The van der Waals surface area contributed by atoms with Gasteiger partial charge < -0.3 is 10.1 Å². The van der Waals surface area contributed by atoms with Gasteiger partial charge in [0.15, 0.2) is 5.11 Å². The summed E-state index contributed by atoms with van der Waals surface area (Å²) in [5, 5.41) is 3.02. The number of benzene rings is 1. The molecule has 9 heteroatoms. The van der Waals surface area contributed by atoms with Crippen molar-refractivity contribution in [1.29, 1.82) is 0 Å². The number of amides is 1. The quantitative estimate of drug-likeness (QED) is 0.579. The number of hydrazine groups is 1. The number of ether oxygens (including phenoxy) is 1. The summed E-state index contributed by atoms with van der Waals surface area (Å²) < 4.78 is 42.1. The highest BCUT2D eigenvalue weighted by Gasteiger charge is 2.30. The van der Waals surface area contributed by atoms with E-state index in [1.165, 1.54) is 0 Å². The lowest BCUT2D eigenvalue weighted by Crippen LogP contribution is -2.49. The van der Waals surface area contributed by atoms with Gasteiger partial charge in [-0.3, -0.25) is 15.6 Å². The lowest BCUT2D eigenvalue weighted by atomic mass is 10.1. The molecule has 0 unspecified atom stereocenters. The van der Waals surface area contributed by atoms with E-state index >= 15 is 0 Å². The number of hydrogen-bond acceptors (Lipinski definition) is 3. The number of halogens is 3. The van der Waals surface area contributed by atoms with Crippen LogP contribution in [0.2, 0.25) is 0 Å². The largest absolute Gasteiger partial charge is 0.416 e. The van der Waals surface area contributed by atoms with E-state index in [-0.39, 0.29) is 16.7 Å². The third-order valence-electron chi connectivity index (χ3n) is 2.56. The molecule has 0 bridgehead atoms. The SMILES string of the molecule is COC[C@H](C)NC(=S)NNC(=O)c1ccc(C(F)(F)F)cc1. The highest BCUT2D eigenvalue weighted by molar-refractivity contribution is 7.80. The van der Waals surface area contributed by atoms with Crippen molar-refractivity contribution in [2.45, 2.75) is 19.1 Å². The zero-order valence-electron chi connectivity index (χ0n) is 12.0. The molecule has 5 nitrogen and oxygen atoms in total. The standard InChI is InChI=1S/C13H16F3N3O2S/c1-8(7-21-2)17-12(22)19-18-11(20)9-3-5-10(6-4-9)13(14,15)16/h3-6,8H,7H2,1-2H3,(H,18,20)(H2,17,19,22)/t8-/m0/s1. The molecule has 0 aliphatic rings. The van der Waals surface area contributed by atoms with Crippen molar-refractivity contribution in [2.24, 2.45) is 0 Å². The van der Waals surface area contributed by atoms with E-state index in [2.05, 4.69) is 16.2 Å². The first-order valence-electron chi connectivity index (χ1n) is 6.27. The Morgan fingerprint density at radius 3 is 2.36 bits per heavy atom. The molecular formula is C13H16F3N3O2S. The molecule has 0 aliphatic heterocycles. The lowest BCUT2D eigenvalue weighted by molar-refractivity contribution is -0.137. The molecule has 122 valence electrons. The minimum Gasteiger partial charge on any atom is -0.383 e. The summed E-state index contributed by atoms with van der Waals surface area (Å²) in [4.78, 5) is 11.8. The predicted molar refractivity (Wildman–Crippen MR) is 79.1 cm³/mol. The molecule has 1 aromatic carbocycles. The van der Waals surface area contributed by atoms with E-state index in [4.69, 9.17) is 17.0 Å². The molecule has 0 heterocycles. The van der Waals surface area contributed by atoms with Crippen molar-refractivity contribution in [3.8, 4) is 0 Å². The van der Waals surface area contributed by atoms with Crippen LogP contribution < -0.4 is 16.2 Å². The van der Waals surface area contributed by atoms with E-state index in [9.17, 15) is 18.0 Å². The number of methoxy groups -OCH3 is 1. The molecule has 0 aliphatic carbocycles. The summed E-state index contributed by atoms with van der Waals surface area (Å²) in [6, 6.07) is 3.79. The van der Waals surface area contributed by atoms with Crippen molar-refractivity contribution in [3.05, 3.63) is 35.4 Å². The van der Waals surface area contributed by atoms with Gasteiger partial charge in [0.25, 0.3) is 5.91 Å². The first-order valence-corrected chi connectivity index (χ1v) is 6.68.